The van der Waals surface area contributed by atoms with Gasteiger partial charge in [0.2, 0.25) is 0 Å². The van der Waals surface area contributed by atoms with Gasteiger partial charge in [0.25, 0.3) is 0 Å². The molecular weight excluding hydrogens is 255 g/mol. The van der Waals surface area contributed by atoms with Crippen LogP contribution in [0.4, 0.5) is 13.2 Å². The fourth-order valence-electron chi connectivity index (χ4n) is 2.33. The Hall–Kier alpha value is -1.23. The number of alkyl halides is 3. The van der Waals surface area contributed by atoms with Gasteiger partial charge in [-0.2, -0.15) is 13.2 Å². The van der Waals surface area contributed by atoms with E-state index in [1.165, 1.54) is 0 Å². The van der Waals surface area contributed by atoms with Crippen molar-refractivity contribution in [1.82, 2.24) is 5.32 Å². The molecule has 2 rings (SSSR count). The quantitative estimate of drug-likeness (QED) is 0.890. The molecule has 0 aliphatic carbocycles. The van der Waals surface area contributed by atoms with Gasteiger partial charge in [-0.3, -0.25) is 0 Å². The molecule has 1 aromatic carbocycles. The Balaban J connectivity index is 1.97. The molecule has 0 bridgehead atoms. The summed E-state index contributed by atoms with van der Waals surface area (Å²) in [5.74, 6) is 0.864. The highest BCUT2D eigenvalue weighted by atomic mass is 19.4. The van der Waals surface area contributed by atoms with E-state index < -0.39 is 12.2 Å². The van der Waals surface area contributed by atoms with Crippen LogP contribution in [0.2, 0.25) is 0 Å². The molecule has 2 nitrogen and oxygen atoms in total. The van der Waals surface area contributed by atoms with Crippen molar-refractivity contribution in [2.45, 2.75) is 38.4 Å². The van der Waals surface area contributed by atoms with Crippen molar-refractivity contribution in [1.29, 1.82) is 0 Å². The zero-order valence-electron chi connectivity index (χ0n) is 10.9. The van der Waals surface area contributed by atoms with Crippen LogP contribution in [0.15, 0.2) is 18.2 Å². The first-order valence-electron chi connectivity index (χ1n) is 6.55. The molecule has 106 valence electrons. The molecule has 1 N–H and O–H groups in total. The second-order valence-corrected chi connectivity index (χ2v) is 4.73. The molecule has 0 radical (unpaired) electrons. The molecule has 1 atom stereocenters. The van der Waals surface area contributed by atoms with Crippen LogP contribution in [0.3, 0.4) is 0 Å². The Morgan fingerprint density at radius 1 is 1.37 bits per heavy atom. The highest BCUT2D eigenvalue weighted by molar-refractivity contribution is 5.39. The molecule has 19 heavy (non-hydrogen) atoms. The van der Waals surface area contributed by atoms with Crippen molar-refractivity contribution >= 4 is 0 Å². The summed E-state index contributed by atoms with van der Waals surface area (Å²) in [6.07, 6.45) is -2.85. The van der Waals surface area contributed by atoms with E-state index in [4.69, 9.17) is 4.74 Å². The van der Waals surface area contributed by atoms with Gasteiger partial charge in [-0.05, 0) is 36.6 Å². The van der Waals surface area contributed by atoms with E-state index in [1.54, 1.807) is 6.92 Å². The van der Waals surface area contributed by atoms with E-state index in [1.807, 2.05) is 18.2 Å². The second-order valence-electron chi connectivity index (χ2n) is 4.73. The maximum Gasteiger partial charge on any atom is 0.403 e. The minimum absolute atomic E-state index is 0.0665. The van der Waals surface area contributed by atoms with E-state index in [0.29, 0.717) is 19.6 Å². The maximum absolute atomic E-state index is 12.7. The predicted molar refractivity (Wildman–Crippen MR) is 67.5 cm³/mol. The lowest BCUT2D eigenvalue weighted by molar-refractivity contribution is -0.156. The van der Waals surface area contributed by atoms with E-state index in [-0.39, 0.29) is 6.42 Å². The summed E-state index contributed by atoms with van der Waals surface area (Å²) >= 11 is 0. The van der Waals surface area contributed by atoms with Crippen LogP contribution in [0, 0.1) is 0 Å². The topological polar surface area (TPSA) is 21.3 Å². The first-order valence-corrected chi connectivity index (χ1v) is 6.55. The number of aryl methyl sites for hydroxylation is 1. The van der Waals surface area contributed by atoms with Gasteiger partial charge in [-0.25, -0.2) is 0 Å². The van der Waals surface area contributed by atoms with Gasteiger partial charge in [-0.15, -0.1) is 0 Å². The third kappa shape index (κ3) is 3.62. The molecule has 0 saturated heterocycles. The molecule has 1 heterocycles. The molecule has 0 amide bonds. The largest absolute Gasteiger partial charge is 0.493 e. The number of fused-ring (bicyclic) bond motifs is 1. The second kappa shape index (κ2) is 5.82. The van der Waals surface area contributed by atoms with Crippen LogP contribution in [0.25, 0.3) is 0 Å². The third-order valence-electron chi connectivity index (χ3n) is 3.32. The lowest BCUT2D eigenvalue weighted by Gasteiger charge is -2.21. The van der Waals surface area contributed by atoms with Crippen LogP contribution in [-0.2, 0) is 12.8 Å². The number of ether oxygens (including phenoxy) is 1. The first kappa shape index (κ1) is 14.2. The summed E-state index contributed by atoms with van der Waals surface area (Å²) in [7, 11) is 0. The summed E-state index contributed by atoms with van der Waals surface area (Å²) in [6, 6.07) is 4.24. The van der Waals surface area contributed by atoms with Crippen LogP contribution in [0.5, 0.6) is 5.75 Å². The summed E-state index contributed by atoms with van der Waals surface area (Å²) in [5.41, 5.74) is 2.04. The van der Waals surface area contributed by atoms with Gasteiger partial charge in [0.05, 0.1) is 6.61 Å². The SMILES string of the molecule is CCNC(CCc1ccc2c(c1)CCO2)C(F)(F)F. The van der Waals surface area contributed by atoms with Gasteiger partial charge in [0, 0.05) is 6.42 Å². The van der Waals surface area contributed by atoms with Gasteiger partial charge < -0.3 is 10.1 Å². The summed E-state index contributed by atoms with van der Waals surface area (Å²) in [5, 5.41) is 2.50. The smallest absolute Gasteiger partial charge is 0.403 e. The average Bonchev–Trinajstić information content (AvgIpc) is 2.80. The molecule has 5 heteroatoms. The Kier molecular flexibility index (Phi) is 4.34. The highest BCUT2D eigenvalue weighted by Gasteiger charge is 2.38. The van der Waals surface area contributed by atoms with Crippen molar-refractivity contribution in [2.24, 2.45) is 0 Å². The maximum atomic E-state index is 12.7. The summed E-state index contributed by atoms with van der Waals surface area (Å²) < 4.78 is 43.6. The zero-order chi connectivity index (χ0) is 13.9. The lowest BCUT2D eigenvalue weighted by atomic mass is 10.0. The normalized spacial score (nSPS) is 16.0. The lowest BCUT2D eigenvalue weighted by Crippen LogP contribution is -2.42. The number of rotatable bonds is 5. The van der Waals surface area contributed by atoms with Crippen LogP contribution in [0.1, 0.15) is 24.5 Å². The van der Waals surface area contributed by atoms with Crippen molar-refractivity contribution in [3.8, 4) is 5.75 Å². The van der Waals surface area contributed by atoms with Crippen LogP contribution < -0.4 is 10.1 Å². The minimum Gasteiger partial charge on any atom is -0.493 e. The molecule has 1 aliphatic rings. The van der Waals surface area contributed by atoms with Crippen LogP contribution in [-0.4, -0.2) is 25.4 Å². The van der Waals surface area contributed by atoms with Gasteiger partial charge in [0.1, 0.15) is 11.8 Å². The fraction of sp³-hybridized carbons (Fsp3) is 0.571. The van der Waals surface area contributed by atoms with Crippen molar-refractivity contribution < 1.29 is 17.9 Å². The molecule has 0 fully saturated rings. The van der Waals surface area contributed by atoms with Gasteiger partial charge >= 0.3 is 6.18 Å². The monoisotopic (exact) mass is 273 g/mol. The van der Waals surface area contributed by atoms with E-state index in [9.17, 15) is 13.2 Å². The number of hydrogen-bond acceptors (Lipinski definition) is 2. The van der Waals surface area contributed by atoms with Gasteiger partial charge in [0.15, 0.2) is 0 Å². The number of benzene rings is 1. The van der Waals surface area contributed by atoms with Crippen molar-refractivity contribution in [3.05, 3.63) is 29.3 Å². The van der Waals surface area contributed by atoms with Crippen molar-refractivity contribution in [3.63, 3.8) is 0 Å². The zero-order valence-corrected chi connectivity index (χ0v) is 10.9. The number of nitrogens with one attached hydrogen (secondary N) is 1. The minimum atomic E-state index is -4.18. The molecule has 0 aromatic heterocycles. The van der Waals surface area contributed by atoms with Crippen LogP contribution >= 0.6 is 0 Å². The highest BCUT2D eigenvalue weighted by Crippen LogP contribution is 2.28. The van der Waals surface area contributed by atoms with Gasteiger partial charge in [-0.1, -0.05) is 19.1 Å². The van der Waals surface area contributed by atoms with E-state index in [2.05, 4.69) is 5.32 Å². The van der Waals surface area contributed by atoms with Crippen molar-refractivity contribution in [2.75, 3.05) is 13.2 Å². The Morgan fingerprint density at radius 3 is 2.84 bits per heavy atom. The molecular formula is C14H18F3NO. The predicted octanol–water partition coefficient (Wildman–Crippen LogP) is 3.09. The molecule has 0 saturated carbocycles. The standard InChI is InChI=1S/C14H18F3NO/c1-2-18-13(14(15,16)17)6-4-10-3-5-12-11(9-10)7-8-19-12/h3,5,9,13,18H,2,4,6-8H2,1H3. The number of halogens is 3. The molecule has 1 unspecified atom stereocenters. The van der Waals surface area contributed by atoms with E-state index >= 15 is 0 Å². The molecule has 0 spiro atoms. The fourth-order valence-corrected chi connectivity index (χ4v) is 2.33. The van der Waals surface area contributed by atoms with E-state index in [0.717, 1.165) is 23.3 Å². The number of hydrogen-bond donors (Lipinski definition) is 1. The molecule has 1 aromatic rings. The molecule has 1 aliphatic heterocycles. The third-order valence-corrected chi connectivity index (χ3v) is 3.32. The summed E-state index contributed by atoms with van der Waals surface area (Å²) in [6.45, 7) is 2.68. The first-order chi connectivity index (χ1) is 9.00. The Morgan fingerprint density at radius 2 is 2.16 bits per heavy atom. The average molecular weight is 273 g/mol. The summed E-state index contributed by atoms with van der Waals surface area (Å²) in [4.78, 5) is 0. The Labute approximate surface area is 111 Å². The Bertz CT molecular complexity index is 431.